The van der Waals surface area contributed by atoms with Crippen LogP contribution in [0.2, 0.25) is 0 Å². The van der Waals surface area contributed by atoms with Crippen molar-refractivity contribution in [2.75, 3.05) is 27.8 Å². The first-order valence-corrected chi connectivity index (χ1v) is 5.51. The standard InChI is InChI=1S/C13H21NO2/c1-9-8-12(15-4)10(2)11(6-7-14-3)13(9)16-5/h8,14H,6-7H2,1-5H3. The van der Waals surface area contributed by atoms with Crippen molar-refractivity contribution < 1.29 is 9.47 Å². The normalized spacial score (nSPS) is 10.3. The smallest absolute Gasteiger partial charge is 0.125 e. The van der Waals surface area contributed by atoms with Crippen LogP contribution in [0, 0.1) is 13.8 Å². The third-order valence-corrected chi connectivity index (χ3v) is 2.85. The van der Waals surface area contributed by atoms with E-state index in [1.54, 1.807) is 14.2 Å². The molecular formula is C13H21NO2. The maximum atomic E-state index is 5.47. The number of ether oxygens (including phenoxy) is 2. The van der Waals surface area contributed by atoms with Crippen LogP contribution in [0.4, 0.5) is 0 Å². The van der Waals surface area contributed by atoms with Crippen LogP contribution in [0.1, 0.15) is 16.7 Å². The summed E-state index contributed by atoms with van der Waals surface area (Å²) in [6, 6.07) is 2.02. The lowest BCUT2D eigenvalue weighted by Gasteiger charge is -2.17. The van der Waals surface area contributed by atoms with Gasteiger partial charge in [-0.3, -0.25) is 0 Å². The van der Waals surface area contributed by atoms with E-state index in [-0.39, 0.29) is 0 Å². The van der Waals surface area contributed by atoms with Crippen LogP contribution in [-0.4, -0.2) is 27.8 Å². The minimum Gasteiger partial charge on any atom is -0.496 e. The Morgan fingerprint density at radius 1 is 1.19 bits per heavy atom. The Bertz CT molecular complexity index is 361. The van der Waals surface area contributed by atoms with Crippen LogP contribution in [0.3, 0.4) is 0 Å². The molecule has 0 aromatic heterocycles. The van der Waals surface area contributed by atoms with E-state index in [0.29, 0.717) is 0 Å². The lowest BCUT2D eigenvalue weighted by atomic mass is 9.99. The number of nitrogens with one attached hydrogen (secondary N) is 1. The van der Waals surface area contributed by atoms with Crippen molar-refractivity contribution in [2.45, 2.75) is 20.3 Å². The highest BCUT2D eigenvalue weighted by Crippen LogP contribution is 2.33. The van der Waals surface area contributed by atoms with Gasteiger partial charge in [0.05, 0.1) is 14.2 Å². The van der Waals surface area contributed by atoms with Gasteiger partial charge >= 0.3 is 0 Å². The van der Waals surface area contributed by atoms with E-state index in [2.05, 4.69) is 12.2 Å². The molecule has 0 amide bonds. The first kappa shape index (κ1) is 12.8. The molecule has 0 aliphatic rings. The summed E-state index contributed by atoms with van der Waals surface area (Å²) in [5.74, 6) is 1.91. The minimum atomic E-state index is 0.934. The number of hydrogen-bond acceptors (Lipinski definition) is 3. The molecule has 1 rings (SSSR count). The zero-order chi connectivity index (χ0) is 12.1. The number of methoxy groups -OCH3 is 2. The fourth-order valence-electron chi connectivity index (χ4n) is 1.97. The molecule has 0 atom stereocenters. The molecule has 1 aromatic carbocycles. The van der Waals surface area contributed by atoms with Crippen molar-refractivity contribution in [3.8, 4) is 11.5 Å². The van der Waals surface area contributed by atoms with E-state index in [0.717, 1.165) is 30.0 Å². The molecule has 1 aromatic rings. The summed E-state index contributed by atoms with van der Waals surface area (Å²) in [5.41, 5.74) is 3.52. The summed E-state index contributed by atoms with van der Waals surface area (Å²) in [6.45, 7) is 5.05. The average Bonchev–Trinajstić information content (AvgIpc) is 2.29. The van der Waals surface area contributed by atoms with Gasteiger partial charge in [0.2, 0.25) is 0 Å². The van der Waals surface area contributed by atoms with E-state index in [1.807, 2.05) is 20.0 Å². The Morgan fingerprint density at radius 2 is 1.88 bits per heavy atom. The Labute approximate surface area is 97.8 Å². The van der Waals surface area contributed by atoms with Crippen molar-refractivity contribution in [3.05, 3.63) is 22.8 Å². The fourth-order valence-corrected chi connectivity index (χ4v) is 1.97. The van der Waals surface area contributed by atoms with Gasteiger partial charge in [0, 0.05) is 5.56 Å². The molecule has 16 heavy (non-hydrogen) atoms. The molecule has 1 N–H and O–H groups in total. The van der Waals surface area contributed by atoms with Gasteiger partial charge in [0.15, 0.2) is 0 Å². The topological polar surface area (TPSA) is 30.5 Å². The highest BCUT2D eigenvalue weighted by Gasteiger charge is 2.13. The molecule has 0 spiro atoms. The van der Waals surface area contributed by atoms with Crippen LogP contribution in [0.5, 0.6) is 11.5 Å². The fraction of sp³-hybridized carbons (Fsp3) is 0.538. The predicted octanol–water partition coefficient (Wildman–Crippen LogP) is 2.08. The molecule has 0 heterocycles. The summed E-state index contributed by atoms with van der Waals surface area (Å²) in [4.78, 5) is 0. The highest BCUT2D eigenvalue weighted by atomic mass is 16.5. The molecule has 3 heteroatoms. The molecule has 0 aliphatic carbocycles. The Kier molecular flexibility index (Phi) is 4.62. The number of aryl methyl sites for hydroxylation is 1. The Morgan fingerprint density at radius 3 is 2.38 bits per heavy atom. The Balaban J connectivity index is 3.22. The van der Waals surface area contributed by atoms with Gasteiger partial charge in [-0.25, -0.2) is 0 Å². The maximum Gasteiger partial charge on any atom is 0.125 e. The Hall–Kier alpha value is -1.22. The second kappa shape index (κ2) is 5.75. The largest absolute Gasteiger partial charge is 0.496 e. The predicted molar refractivity (Wildman–Crippen MR) is 66.7 cm³/mol. The van der Waals surface area contributed by atoms with Gasteiger partial charge in [-0.05, 0) is 51.1 Å². The summed E-state index contributed by atoms with van der Waals surface area (Å²) in [6.07, 6.45) is 0.948. The number of hydrogen-bond donors (Lipinski definition) is 1. The first-order valence-electron chi connectivity index (χ1n) is 5.51. The van der Waals surface area contributed by atoms with Gasteiger partial charge in [-0.2, -0.15) is 0 Å². The first-order chi connectivity index (χ1) is 7.65. The van der Waals surface area contributed by atoms with Crippen molar-refractivity contribution in [3.63, 3.8) is 0 Å². The van der Waals surface area contributed by atoms with Gasteiger partial charge < -0.3 is 14.8 Å². The van der Waals surface area contributed by atoms with E-state index in [9.17, 15) is 0 Å². The molecule has 90 valence electrons. The summed E-state index contributed by atoms with van der Waals surface area (Å²) >= 11 is 0. The van der Waals surface area contributed by atoms with Gasteiger partial charge in [0.1, 0.15) is 11.5 Å². The molecule has 0 saturated heterocycles. The zero-order valence-corrected chi connectivity index (χ0v) is 10.8. The lowest BCUT2D eigenvalue weighted by molar-refractivity contribution is 0.393. The van der Waals surface area contributed by atoms with Crippen LogP contribution in [-0.2, 0) is 6.42 Å². The molecular weight excluding hydrogens is 202 g/mol. The highest BCUT2D eigenvalue weighted by molar-refractivity contribution is 5.52. The molecule has 0 bridgehead atoms. The van der Waals surface area contributed by atoms with E-state index < -0.39 is 0 Å². The number of rotatable bonds is 5. The van der Waals surface area contributed by atoms with E-state index in [1.165, 1.54) is 11.1 Å². The molecule has 0 saturated carbocycles. The van der Waals surface area contributed by atoms with E-state index >= 15 is 0 Å². The summed E-state index contributed by atoms with van der Waals surface area (Å²) < 4.78 is 10.8. The molecule has 0 unspecified atom stereocenters. The van der Waals surface area contributed by atoms with Crippen LogP contribution >= 0.6 is 0 Å². The SMILES string of the molecule is CNCCc1c(C)c(OC)cc(C)c1OC. The van der Waals surface area contributed by atoms with Crippen LogP contribution < -0.4 is 14.8 Å². The van der Waals surface area contributed by atoms with Crippen molar-refractivity contribution in [1.29, 1.82) is 0 Å². The van der Waals surface area contributed by atoms with Crippen molar-refractivity contribution in [2.24, 2.45) is 0 Å². The second-order valence-electron chi connectivity index (χ2n) is 3.89. The zero-order valence-electron chi connectivity index (χ0n) is 10.8. The lowest BCUT2D eigenvalue weighted by Crippen LogP contribution is -2.12. The van der Waals surface area contributed by atoms with Gasteiger partial charge in [-0.1, -0.05) is 0 Å². The third kappa shape index (κ3) is 2.47. The van der Waals surface area contributed by atoms with Gasteiger partial charge in [0.25, 0.3) is 0 Å². The molecule has 3 nitrogen and oxygen atoms in total. The third-order valence-electron chi connectivity index (χ3n) is 2.85. The molecule has 0 aliphatic heterocycles. The number of likely N-dealkylation sites (N-methyl/N-ethyl adjacent to an activating group) is 1. The molecule has 0 fully saturated rings. The number of benzene rings is 1. The monoisotopic (exact) mass is 223 g/mol. The minimum absolute atomic E-state index is 0.934. The summed E-state index contributed by atoms with van der Waals surface area (Å²) in [5, 5.41) is 3.16. The van der Waals surface area contributed by atoms with Crippen LogP contribution in [0.15, 0.2) is 6.07 Å². The van der Waals surface area contributed by atoms with Crippen molar-refractivity contribution in [1.82, 2.24) is 5.32 Å². The summed E-state index contributed by atoms with van der Waals surface area (Å²) in [7, 11) is 5.38. The maximum absolute atomic E-state index is 5.47. The van der Waals surface area contributed by atoms with E-state index in [4.69, 9.17) is 9.47 Å². The van der Waals surface area contributed by atoms with Crippen molar-refractivity contribution >= 4 is 0 Å². The average molecular weight is 223 g/mol. The molecule has 0 radical (unpaired) electrons. The second-order valence-corrected chi connectivity index (χ2v) is 3.89. The van der Waals surface area contributed by atoms with Gasteiger partial charge in [-0.15, -0.1) is 0 Å². The quantitative estimate of drug-likeness (QED) is 0.829. The van der Waals surface area contributed by atoms with Crippen LogP contribution in [0.25, 0.3) is 0 Å².